The van der Waals surface area contributed by atoms with Crippen molar-refractivity contribution in [2.24, 2.45) is 11.7 Å². The standard InChI is InChI=1S/C11H23N3/c1-10-8-13(5-4-12)6-7-14(10)9-11-2-3-11/h10-11H,2-9,12H2,1H3. The van der Waals surface area contributed by atoms with Gasteiger partial charge in [0.05, 0.1) is 0 Å². The summed E-state index contributed by atoms with van der Waals surface area (Å²) in [5.41, 5.74) is 5.57. The van der Waals surface area contributed by atoms with Gasteiger partial charge in [0, 0.05) is 45.3 Å². The average molecular weight is 197 g/mol. The smallest absolute Gasteiger partial charge is 0.0195 e. The van der Waals surface area contributed by atoms with Crippen LogP contribution in [0.5, 0.6) is 0 Å². The zero-order chi connectivity index (χ0) is 9.97. The van der Waals surface area contributed by atoms with Crippen LogP contribution in [-0.2, 0) is 0 Å². The fourth-order valence-corrected chi connectivity index (χ4v) is 2.36. The predicted molar refractivity (Wildman–Crippen MR) is 59.3 cm³/mol. The predicted octanol–water partition coefficient (Wildman–Crippen LogP) is 0.361. The Labute approximate surface area is 87.2 Å². The fraction of sp³-hybridized carbons (Fsp3) is 1.00. The largest absolute Gasteiger partial charge is 0.329 e. The van der Waals surface area contributed by atoms with E-state index in [0.29, 0.717) is 0 Å². The van der Waals surface area contributed by atoms with Gasteiger partial charge in [0.15, 0.2) is 0 Å². The lowest BCUT2D eigenvalue weighted by molar-refractivity contribution is 0.0818. The van der Waals surface area contributed by atoms with E-state index in [1.165, 1.54) is 39.0 Å². The van der Waals surface area contributed by atoms with Crippen LogP contribution in [-0.4, -0.2) is 55.1 Å². The highest BCUT2D eigenvalue weighted by Crippen LogP contribution is 2.30. The highest BCUT2D eigenvalue weighted by Gasteiger charge is 2.29. The normalized spacial score (nSPS) is 30.9. The maximum atomic E-state index is 5.57. The van der Waals surface area contributed by atoms with Crippen molar-refractivity contribution in [1.29, 1.82) is 0 Å². The summed E-state index contributed by atoms with van der Waals surface area (Å²) in [5, 5.41) is 0. The number of nitrogens with zero attached hydrogens (tertiary/aromatic N) is 2. The van der Waals surface area contributed by atoms with Crippen LogP contribution in [0.15, 0.2) is 0 Å². The second-order valence-electron chi connectivity index (χ2n) is 4.88. The lowest BCUT2D eigenvalue weighted by atomic mass is 10.1. The van der Waals surface area contributed by atoms with E-state index in [9.17, 15) is 0 Å². The molecule has 0 radical (unpaired) electrons. The summed E-state index contributed by atoms with van der Waals surface area (Å²) in [4.78, 5) is 5.15. The van der Waals surface area contributed by atoms with Crippen LogP contribution in [0.25, 0.3) is 0 Å². The molecule has 2 fully saturated rings. The molecular weight excluding hydrogens is 174 g/mol. The van der Waals surface area contributed by atoms with Crippen molar-refractivity contribution in [2.45, 2.75) is 25.8 Å². The van der Waals surface area contributed by atoms with E-state index in [2.05, 4.69) is 16.7 Å². The third-order valence-electron chi connectivity index (χ3n) is 3.48. The van der Waals surface area contributed by atoms with Gasteiger partial charge in [0.25, 0.3) is 0 Å². The summed E-state index contributed by atoms with van der Waals surface area (Å²) in [6.07, 6.45) is 2.94. The highest BCUT2D eigenvalue weighted by molar-refractivity contribution is 4.84. The minimum Gasteiger partial charge on any atom is -0.329 e. The molecular formula is C11H23N3. The zero-order valence-corrected chi connectivity index (χ0v) is 9.28. The molecule has 1 atom stereocenters. The first kappa shape index (κ1) is 10.4. The number of nitrogens with two attached hydrogens (primary N) is 1. The van der Waals surface area contributed by atoms with E-state index < -0.39 is 0 Å². The summed E-state index contributed by atoms with van der Waals surface area (Å²) < 4.78 is 0. The Hall–Kier alpha value is -0.120. The monoisotopic (exact) mass is 197 g/mol. The molecule has 2 aliphatic rings. The Kier molecular flexibility index (Phi) is 3.42. The summed E-state index contributed by atoms with van der Waals surface area (Å²) >= 11 is 0. The third kappa shape index (κ3) is 2.69. The molecule has 0 aromatic heterocycles. The summed E-state index contributed by atoms with van der Waals surface area (Å²) in [6.45, 7) is 9.25. The topological polar surface area (TPSA) is 32.5 Å². The highest BCUT2D eigenvalue weighted by atomic mass is 15.3. The van der Waals surface area contributed by atoms with Gasteiger partial charge in [0.1, 0.15) is 0 Å². The molecule has 82 valence electrons. The first-order valence-corrected chi connectivity index (χ1v) is 5.96. The van der Waals surface area contributed by atoms with Crippen molar-refractivity contribution in [3.63, 3.8) is 0 Å². The van der Waals surface area contributed by atoms with Crippen LogP contribution in [0.1, 0.15) is 19.8 Å². The molecule has 0 amide bonds. The number of hydrogen-bond donors (Lipinski definition) is 1. The Morgan fingerprint density at radius 3 is 2.64 bits per heavy atom. The summed E-state index contributed by atoms with van der Waals surface area (Å²) in [6, 6.07) is 0.732. The first-order chi connectivity index (χ1) is 6.79. The molecule has 0 bridgehead atoms. The molecule has 1 saturated heterocycles. The average Bonchev–Trinajstić information content (AvgIpc) is 2.94. The lowest BCUT2D eigenvalue weighted by Gasteiger charge is -2.39. The van der Waals surface area contributed by atoms with Crippen LogP contribution >= 0.6 is 0 Å². The van der Waals surface area contributed by atoms with Crippen molar-refractivity contribution in [1.82, 2.24) is 9.80 Å². The van der Waals surface area contributed by atoms with Gasteiger partial charge in [-0.25, -0.2) is 0 Å². The van der Waals surface area contributed by atoms with E-state index in [-0.39, 0.29) is 0 Å². The summed E-state index contributed by atoms with van der Waals surface area (Å²) in [7, 11) is 0. The first-order valence-electron chi connectivity index (χ1n) is 5.96. The quantitative estimate of drug-likeness (QED) is 0.706. The number of rotatable bonds is 4. The molecule has 1 heterocycles. The van der Waals surface area contributed by atoms with Gasteiger partial charge < -0.3 is 5.73 Å². The lowest BCUT2D eigenvalue weighted by Crippen LogP contribution is -2.53. The molecule has 0 spiro atoms. The van der Waals surface area contributed by atoms with Gasteiger partial charge in [0.2, 0.25) is 0 Å². The minimum atomic E-state index is 0.732. The van der Waals surface area contributed by atoms with Crippen LogP contribution in [0.4, 0.5) is 0 Å². The van der Waals surface area contributed by atoms with Gasteiger partial charge in [-0.3, -0.25) is 9.80 Å². The Morgan fingerprint density at radius 1 is 1.29 bits per heavy atom. The van der Waals surface area contributed by atoms with E-state index in [0.717, 1.165) is 25.0 Å². The minimum absolute atomic E-state index is 0.732. The van der Waals surface area contributed by atoms with Crippen molar-refractivity contribution in [3.05, 3.63) is 0 Å². The third-order valence-corrected chi connectivity index (χ3v) is 3.48. The second kappa shape index (κ2) is 4.60. The second-order valence-corrected chi connectivity index (χ2v) is 4.88. The van der Waals surface area contributed by atoms with Crippen molar-refractivity contribution in [2.75, 3.05) is 39.3 Å². The molecule has 1 aliphatic carbocycles. The maximum Gasteiger partial charge on any atom is 0.0195 e. The van der Waals surface area contributed by atoms with E-state index >= 15 is 0 Å². The van der Waals surface area contributed by atoms with E-state index in [1.54, 1.807) is 0 Å². The van der Waals surface area contributed by atoms with Crippen LogP contribution in [0.3, 0.4) is 0 Å². The van der Waals surface area contributed by atoms with E-state index in [4.69, 9.17) is 5.73 Å². The van der Waals surface area contributed by atoms with Gasteiger partial charge in [-0.1, -0.05) is 0 Å². The fourth-order valence-electron chi connectivity index (χ4n) is 2.36. The molecule has 2 N–H and O–H groups in total. The molecule has 1 unspecified atom stereocenters. The molecule has 2 rings (SSSR count). The Morgan fingerprint density at radius 2 is 2.07 bits per heavy atom. The Bertz CT molecular complexity index is 179. The SMILES string of the molecule is CC1CN(CCN)CCN1CC1CC1. The molecule has 3 nitrogen and oxygen atoms in total. The van der Waals surface area contributed by atoms with Crippen LogP contribution < -0.4 is 5.73 Å². The molecule has 0 aromatic carbocycles. The maximum absolute atomic E-state index is 5.57. The van der Waals surface area contributed by atoms with Crippen LogP contribution in [0, 0.1) is 5.92 Å². The van der Waals surface area contributed by atoms with Crippen molar-refractivity contribution < 1.29 is 0 Å². The number of hydrogen-bond acceptors (Lipinski definition) is 3. The molecule has 1 saturated carbocycles. The van der Waals surface area contributed by atoms with Crippen molar-refractivity contribution >= 4 is 0 Å². The molecule has 3 heteroatoms. The molecule has 0 aromatic rings. The molecule has 1 aliphatic heterocycles. The van der Waals surface area contributed by atoms with Gasteiger partial charge in [-0.05, 0) is 25.7 Å². The molecule has 14 heavy (non-hydrogen) atoms. The van der Waals surface area contributed by atoms with Gasteiger partial charge >= 0.3 is 0 Å². The zero-order valence-electron chi connectivity index (χ0n) is 9.28. The summed E-state index contributed by atoms with van der Waals surface area (Å²) in [5.74, 6) is 1.03. The van der Waals surface area contributed by atoms with Crippen molar-refractivity contribution in [3.8, 4) is 0 Å². The Balaban J connectivity index is 1.74. The van der Waals surface area contributed by atoms with Gasteiger partial charge in [-0.2, -0.15) is 0 Å². The van der Waals surface area contributed by atoms with E-state index in [1.807, 2.05) is 0 Å². The number of piperazine rings is 1. The van der Waals surface area contributed by atoms with Gasteiger partial charge in [-0.15, -0.1) is 0 Å². The van der Waals surface area contributed by atoms with Crippen LogP contribution in [0.2, 0.25) is 0 Å².